The summed E-state index contributed by atoms with van der Waals surface area (Å²) in [5.74, 6) is 0.630. The smallest absolute Gasteiger partial charge is 0.191 e. The molecule has 0 aliphatic carbocycles. The van der Waals surface area contributed by atoms with Gasteiger partial charge in [-0.15, -0.1) is 0 Å². The maximum Gasteiger partial charge on any atom is 0.191 e. The van der Waals surface area contributed by atoms with Crippen molar-refractivity contribution in [1.82, 2.24) is 20.5 Å². The molecular weight excluding hydrogens is 317 g/mol. The summed E-state index contributed by atoms with van der Waals surface area (Å²) in [4.78, 5) is 9.97. The van der Waals surface area contributed by atoms with Crippen molar-refractivity contribution in [3.8, 4) is 0 Å². The molecule has 0 bridgehead atoms. The molecule has 5 nitrogen and oxygen atoms in total. The highest BCUT2D eigenvalue weighted by Gasteiger charge is 2.22. The minimum atomic E-state index is -0.211. The third kappa shape index (κ3) is 4.31. The van der Waals surface area contributed by atoms with Gasteiger partial charge in [0.1, 0.15) is 5.82 Å². The van der Waals surface area contributed by atoms with E-state index in [1.54, 1.807) is 7.05 Å². The molecule has 0 spiro atoms. The second kappa shape index (κ2) is 8.34. The lowest BCUT2D eigenvalue weighted by atomic mass is 10.1. The first-order chi connectivity index (χ1) is 12.2. The summed E-state index contributed by atoms with van der Waals surface area (Å²) in [7, 11) is 1.80. The Labute approximate surface area is 148 Å². The number of hydrogen-bond donors (Lipinski definition) is 3. The Balaban J connectivity index is 1.48. The van der Waals surface area contributed by atoms with Crippen LogP contribution >= 0.6 is 0 Å². The van der Waals surface area contributed by atoms with Crippen molar-refractivity contribution in [1.29, 1.82) is 0 Å². The highest BCUT2D eigenvalue weighted by atomic mass is 19.1. The number of halogens is 1. The molecule has 6 heteroatoms. The van der Waals surface area contributed by atoms with E-state index in [0.29, 0.717) is 6.04 Å². The molecule has 3 rings (SSSR count). The van der Waals surface area contributed by atoms with Gasteiger partial charge in [0.25, 0.3) is 0 Å². The predicted octanol–water partition coefficient (Wildman–Crippen LogP) is 2.50. The number of aliphatic imine (C=N–C) groups is 1. The normalized spacial score (nSPS) is 18.8. The quantitative estimate of drug-likeness (QED) is 0.557. The van der Waals surface area contributed by atoms with Gasteiger partial charge < -0.3 is 15.6 Å². The molecule has 136 valence electrons. The Morgan fingerprint density at radius 1 is 1.40 bits per heavy atom. The molecule has 1 aliphatic rings. The van der Waals surface area contributed by atoms with Gasteiger partial charge in [0.15, 0.2) is 5.96 Å². The lowest BCUT2D eigenvalue weighted by Gasteiger charge is -2.23. The standard InChI is InChI=1S/C19H28FN5/c1-3-25-10-4-5-16(25)13-24-19(21-2)22-9-8-14-12-23-18-11-15(20)6-7-17(14)18/h6-7,11-12,16,23H,3-5,8-10,13H2,1-2H3,(H2,21,22,24). The monoisotopic (exact) mass is 345 g/mol. The Bertz CT molecular complexity index is 724. The van der Waals surface area contributed by atoms with Crippen LogP contribution in [0.15, 0.2) is 29.4 Å². The number of H-pyrrole nitrogens is 1. The highest BCUT2D eigenvalue weighted by Crippen LogP contribution is 2.19. The van der Waals surface area contributed by atoms with Gasteiger partial charge in [-0.05, 0) is 56.1 Å². The maximum absolute atomic E-state index is 13.3. The fraction of sp³-hybridized carbons (Fsp3) is 0.526. The number of aromatic nitrogens is 1. The molecule has 0 radical (unpaired) electrons. The number of hydrogen-bond acceptors (Lipinski definition) is 2. The van der Waals surface area contributed by atoms with E-state index in [-0.39, 0.29) is 5.82 Å². The van der Waals surface area contributed by atoms with Crippen LogP contribution in [-0.2, 0) is 6.42 Å². The van der Waals surface area contributed by atoms with Crippen LogP contribution in [0.3, 0.4) is 0 Å². The molecule has 3 N–H and O–H groups in total. The van der Waals surface area contributed by atoms with Crippen LogP contribution in [0.25, 0.3) is 10.9 Å². The van der Waals surface area contributed by atoms with Crippen LogP contribution < -0.4 is 10.6 Å². The Morgan fingerprint density at radius 3 is 3.08 bits per heavy atom. The summed E-state index contributed by atoms with van der Waals surface area (Å²) in [6.07, 6.45) is 5.35. The second-order valence-electron chi connectivity index (χ2n) is 6.56. The average molecular weight is 345 g/mol. The summed E-state index contributed by atoms with van der Waals surface area (Å²) >= 11 is 0. The third-order valence-electron chi connectivity index (χ3n) is 5.05. The Hall–Kier alpha value is -2.08. The van der Waals surface area contributed by atoms with Crippen molar-refractivity contribution in [2.24, 2.45) is 4.99 Å². The van der Waals surface area contributed by atoms with Crippen molar-refractivity contribution in [2.45, 2.75) is 32.2 Å². The van der Waals surface area contributed by atoms with Crippen LogP contribution in [-0.4, -0.2) is 55.1 Å². The number of nitrogens with zero attached hydrogens (tertiary/aromatic N) is 2. The molecule has 1 aromatic heterocycles. The van der Waals surface area contributed by atoms with Gasteiger partial charge in [-0.1, -0.05) is 6.92 Å². The lowest BCUT2D eigenvalue weighted by molar-refractivity contribution is 0.267. The predicted molar refractivity (Wildman–Crippen MR) is 102 cm³/mol. The van der Waals surface area contributed by atoms with Crippen LogP contribution in [0.2, 0.25) is 0 Å². The number of likely N-dealkylation sites (tertiary alicyclic amines) is 1. The topological polar surface area (TPSA) is 55.4 Å². The molecule has 0 saturated carbocycles. The number of aromatic amines is 1. The zero-order chi connectivity index (χ0) is 17.6. The van der Waals surface area contributed by atoms with Crippen molar-refractivity contribution < 1.29 is 4.39 Å². The van der Waals surface area contributed by atoms with Gasteiger partial charge in [0.05, 0.1) is 0 Å². The highest BCUT2D eigenvalue weighted by molar-refractivity contribution is 5.83. The first-order valence-corrected chi connectivity index (χ1v) is 9.15. The van der Waals surface area contributed by atoms with Crippen LogP contribution in [0.1, 0.15) is 25.3 Å². The van der Waals surface area contributed by atoms with Crippen molar-refractivity contribution in [3.05, 3.63) is 35.8 Å². The van der Waals surface area contributed by atoms with Gasteiger partial charge in [0, 0.05) is 43.3 Å². The number of guanidine groups is 1. The molecule has 1 fully saturated rings. The molecule has 1 saturated heterocycles. The second-order valence-corrected chi connectivity index (χ2v) is 6.56. The van der Waals surface area contributed by atoms with Crippen LogP contribution in [0, 0.1) is 5.82 Å². The molecule has 1 unspecified atom stereocenters. The van der Waals surface area contributed by atoms with E-state index in [1.165, 1.54) is 37.1 Å². The number of likely N-dealkylation sites (N-methyl/N-ethyl adjacent to an activating group) is 1. The zero-order valence-corrected chi connectivity index (χ0v) is 15.1. The van der Waals surface area contributed by atoms with E-state index < -0.39 is 0 Å². The minimum Gasteiger partial charge on any atom is -0.361 e. The first kappa shape index (κ1) is 17.7. The fourth-order valence-corrected chi connectivity index (χ4v) is 3.66. The van der Waals surface area contributed by atoms with Gasteiger partial charge in [0.2, 0.25) is 0 Å². The molecule has 1 atom stereocenters. The minimum absolute atomic E-state index is 0.211. The van der Waals surface area contributed by atoms with E-state index in [4.69, 9.17) is 0 Å². The van der Waals surface area contributed by atoms with Gasteiger partial charge in [-0.2, -0.15) is 0 Å². The zero-order valence-electron chi connectivity index (χ0n) is 15.1. The number of benzene rings is 1. The molecular formula is C19H28FN5. The SMILES string of the molecule is CCN1CCCC1CNC(=NC)NCCc1c[nH]c2cc(F)ccc12. The number of rotatable bonds is 6. The summed E-state index contributed by atoms with van der Waals surface area (Å²) in [6, 6.07) is 5.48. The summed E-state index contributed by atoms with van der Waals surface area (Å²) in [5.41, 5.74) is 2.03. The van der Waals surface area contributed by atoms with Gasteiger partial charge in [-0.3, -0.25) is 9.89 Å². The average Bonchev–Trinajstić information content (AvgIpc) is 3.24. The Morgan fingerprint density at radius 2 is 2.28 bits per heavy atom. The van der Waals surface area contributed by atoms with Crippen molar-refractivity contribution in [2.75, 3.05) is 33.2 Å². The number of nitrogens with one attached hydrogen (secondary N) is 3. The first-order valence-electron chi connectivity index (χ1n) is 9.15. The van der Waals surface area contributed by atoms with Crippen LogP contribution in [0.4, 0.5) is 4.39 Å². The van der Waals surface area contributed by atoms with E-state index >= 15 is 0 Å². The van der Waals surface area contributed by atoms with Crippen molar-refractivity contribution >= 4 is 16.9 Å². The molecule has 0 amide bonds. The number of fused-ring (bicyclic) bond motifs is 1. The van der Waals surface area contributed by atoms with E-state index in [0.717, 1.165) is 42.9 Å². The molecule has 1 aromatic carbocycles. The fourth-order valence-electron chi connectivity index (χ4n) is 3.66. The lowest BCUT2D eigenvalue weighted by Crippen LogP contribution is -2.45. The van der Waals surface area contributed by atoms with Gasteiger partial charge >= 0.3 is 0 Å². The summed E-state index contributed by atoms with van der Waals surface area (Å²) in [6.45, 7) is 6.25. The molecule has 1 aliphatic heterocycles. The van der Waals surface area contributed by atoms with Crippen molar-refractivity contribution in [3.63, 3.8) is 0 Å². The molecule has 2 aromatic rings. The van der Waals surface area contributed by atoms with E-state index in [9.17, 15) is 4.39 Å². The van der Waals surface area contributed by atoms with E-state index in [2.05, 4.69) is 32.4 Å². The maximum atomic E-state index is 13.3. The third-order valence-corrected chi connectivity index (χ3v) is 5.05. The summed E-state index contributed by atoms with van der Waals surface area (Å²) in [5, 5.41) is 7.89. The van der Waals surface area contributed by atoms with Gasteiger partial charge in [-0.25, -0.2) is 4.39 Å². The molecule has 2 heterocycles. The largest absolute Gasteiger partial charge is 0.361 e. The summed E-state index contributed by atoms with van der Waals surface area (Å²) < 4.78 is 13.3. The van der Waals surface area contributed by atoms with Crippen LogP contribution in [0.5, 0.6) is 0 Å². The Kier molecular flexibility index (Phi) is 5.91. The van der Waals surface area contributed by atoms with E-state index in [1.807, 2.05) is 12.3 Å². The molecule has 25 heavy (non-hydrogen) atoms.